The molecule has 2 rings (SSSR count). The highest BCUT2D eigenvalue weighted by Crippen LogP contribution is 2.41. The second kappa shape index (κ2) is 6.95. The zero-order valence-corrected chi connectivity index (χ0v) is 13.7. The minimum absolute atomic E-state index is 0.0165. The van der Waals surface area contributed by atoms with E-state index in [4.69, 9.17) is 14.2 Å². The van der Waals surface area contributed by atoms with Crippen LogP contribution >= 0.6 is 0 Å². The molecule has 1 aromatic carbocycles. The van der Waals surface area contributed by atoms with Gasteiger partial charge in [0, 0.05) is 19.2 Å². The Labute approximate surface area is 133 Å². The molecule has 0 N–H and O–H groups in total. The molecule has 0 saturated heterocycles. The number of methoxy groups -OCH3 is 3. The van der Waals surface area contributed by atoms with E-state index in [2.05, 4.69) is 15.4 Å². The van der Waals surface area contributed by atoms with Crippen LogP contribution in [-0.4, -0.2) is 54.5 Å². The SMILES string of the molecule is COc1cc(OC)c(N(C)C(=O)Cc2nnn(C)n2)c(OC)c1. The summed E-state index contributed by atoms with van der Waals surface area (Å²) in [5.74, 6) is 1.61. The van der Waals surface area contributed by atoms with Crippen LogP contribution in [0.25, 0.3) is 0 Å². The van der Waals surface area contributed by atoms with E-state index < -0.39 is 0 Å². The number of hydrogen-bond acceptors (Lipinski definition) is 7. The summed E-state index contributed by atoms with van der Waals surface area (Å²) in [6.45, 7) is 0. The van der Waals surface area contributed by atoms with Crippen LogP contribution in [0.4, 0.5) is 5.69 Å². The lowest BCUT2D eigenvalue weighted by Crippen LogP contribution is -2.29. The van der Waals surface area contributed by atoms with Crippen LogP contribution in [0.5, 0.6) is 17.2 Å². The molecule has 0 atom stereocenters. The first-order valence-corrected chi connectivity index (χ1v) is 6.79. The number of aromatic nitrogens is 4. The molecule has 0 unspecified atom stereocenters. The molecule has 1 heterocycles. The maximum Gasteiger partial charge on any atom is 0.234 e. The molecule has 1 aromatic heterocycles. The van der Waals surface area contributed by atoms with Gasteiger partial charge in [0.05, 0.1) is 34.8 Å². The molecule has 9 nitrogen and oxygen atoms in total. The number of rotatable bonds is 6. The van der Waals surface area contributed by atoms with E-state index in [9.17, 15) is 4.79 Å². The lowest BCUT2D eigenvalue weighted by atomic mass is 10.2. The van der Waals surface area contributed by atoms with Crippen LogP contribution in [0.15, 0.2) is 12.1 Å². The molecule has 0 aliphatic rings. The van der Waals surface area contributed by atoms with Crippen molar-refractivity contribution in [2.24, 2.45) is 7.05 Å². The van der Waals surface area contributed by atoms with E-state index in [0.717, 1.165) is 0 Å². The Kier molecular flexibility index (Phi) is 4.99. The lowest BCUT2D eigenvalue weighted by Gasteiger charge is -2.22. The fraction of sp³-hybridized carbons (Fsp3) is 0.429. The number of carbonyl (C=O) groups is 1. The fourth-order valence-corrected chi connectivity index (χ4v) is 2.09. The van der Waals surface area contributed by atoms with Gasteiger partial charge >= 0.3 is 0 Å². The highest BCUT2D eigenvalue weighted by atomic mass is 16.5. The van der Waals surface area contributed by atoms with E-state index >= 15 is 0 Å². The number of amides is 1. The van der Waals surface area contributed by atoms with Crippen LogP contribution in [0.2, 0.25) is 0 Å². The summed E-state index contributed by atoms with van der Waals surface area (Å²) in [6, 6.07) is 3.37. The number of hydrogen-bond donors (Lipinski definition) is 0. The van der Waals surface area contributed by atoms with Gasteiger partial charge in [0.2, 0.25) is 5.91 Å². The number of nitrogens with zero attached hydrogens (tertiary/aromatic N) is 5. The van der Waals surface area contributed by atoms with Crippen LogP contribution in [-0.2, 0) is 18.3 Å². The Morgan fingerprint density at radius 2 is 1.78 bits per heavy atom. The molecule has 1 amide bonds. The van der Waals surface area contributed by atoms with Gasteiger partial charge < -0.3 is 19.1 Å². The monoisotopic (exact) mass is 321 g/mol. The second-order valence-electron chi connectivity index (χ2n) is 4.71. The number of aryl methyl sites for hydroxylation is 1. The van der Waals surface area contributed by atoms with Crippen molar-refractivity contribution in [3.8, 4) is 17.2 Å². The highest BCUT2D eigenvalue weighted by molar-refractivity contribution is 5.97. The molecule has 0 spiro atoms. The minimum atomic E-state index is -0.222. The van der Waals surface area contributed by atoms with Gasteiger partial charge in [-0.2, -0.15) is 4.80 Å². The van der Waals surface area contributed by atoms with Crippen LogP contribution in [0.1, 0.15) is 5.82 Å². The third-order valence-electron chi connectivity index (χ3n) is 3.26. The van der Waals surface area contributed by atoms with Gasteiger partial charge in [0.25, 0.3) is 0 Å². The average Bonchev–Trinajstić information content (AvgIpc) is 2.97. The molecule has 0 radical (unpaired) electrons. The summed E-state index contributed by atoms with van der Waals surface area (Å²) in [4.78, 5) is 15.2. The first-order valence-electron chi connectivity index (χ1n) is 6.79. The van der Waals surface area contributed by atoms with E-state index in [1.54, 1.807) is 33.3 Å². The minimum Gasteiger partial charge on any atom is -0.496 e. The van der Waals surface area contributed by atoms with E-state index in [-0.39, 0.29) is 12.3 Å². The van der Waals surface area contributed by atoms with Gasteiger partial charge in [0.15, 0.2) is 5.82 Å². The summed E-state index contributed by atoms with van der Waals surface area (Å²) >= 11 is 0. The first kappa shape index (κ1) is 16.5. The van der Waals surface area contributed by atoms with Crippen LogP contribution in [0, 0.1) is 0 Å². The number of tetrazole rings is 1. The molecule has 9 heteroatoms. The van der Waals surface area contributed by atoms with Gasteiger partial charge in [-0.3, -0.25) is 4.79 Å². The highest BCUT2D eigenvalue weighted by Gasteiger charge is 2.23. The molecule has 0 aliphatic carbocycles. The van der Waals surface area contributed by atoms with Gasteiger partial charge in [-0.15, -0.1) is 10.2 Å². The number of ether oxygens (including phenoxy) is 3. The summed E-state index contributed by atoms with van der Waals surface area (Å²) in [5.41, 5.74) is 0.504. The van der Waals surface area contributed by atoms with Crippen molar-refractivity contribution in [1.82, 2.24) is 20.2 Å². The van der Waals surface area contributed by atoms with E-state index in [1.807, 2.05) is 0 Å². The summed E-state index contributed by atoms with van der Waals surface area (Å²) in [5, 5.41) is 11.5. The van der Waals surface area contributed by atoms with Gasteiger partial charge in [-0.1, -0.05) is 0 Å². The Bertz CT molecular complexity index is 675. The smallest absolute Gasteiger partial charge is 0.234 e. The lowest BCUT2D eigenvalue weighted by molar-refractivity contribution is -0.117. The molecular weight excluding hydrogens is 302 g/mol. The number of anilines is 1. The van der Waals surface area contributed by atoms with E-state index in [0.29, 0.717) is 28.8 Å². The van der Waals surface area contributed by atoms with Gasteiger partial charge in [0.1, 0.15) is 22.9 Å². The molecule has 2 aromatic rings. The normalized spacial score (nSPS) is 10.3. The predicted octanol–water partition coefficient (Wildman–Crippen LogP) is 0.441. The van der Waals surface area contributed by atoms with Crippen molar-refractivity contribution < 1.29 is 19.0 Å². The van der Waals surface area contributed by atoms with Gasteiger partial charge in [-0.25, -0.2) is 0 Å². The topological polar surface area (TPSA) is 91.6 Å². The quantitative estimate of drug-likeness (QED) is 0.762. The third kappa shape index (κ3) is 3.50. The number of likely N-dealkylation sites (N-methyl/N-ethyl adjacent to an activating group) is 1. The van der Waals surface area contributed by atoms with Crippen LogP contribution < -0.4 is 19.1 Å². The predicted molar refractivity (Wildman–Crippen MR) is 82.0 cm³/mol. The van der Waals surface area contributed by atoms with Crippen molar-refractivity contribution in [3.05, 3.63) is 18.0 Å². The number of carbonyl (C=O) groups excluding carboxylic acids is 1. The number of benzene rings is 1. The zero-order valence-electron chi connectivity index (χ0n) is 13.7. The Morgan fingerprint density at radius 1 is 1.17 bits per heavy atom. The summed E-state index contributed by atoms with van der Waals surface area (Å²) in [7, 11) is 7.84. The molecule has 0 aliphatic heterocycles. The molecule has 0 bridgehead atoms. The van der Waals surface area contributed by atoms with Crippen molar-refractivity contribution >= 4 is 11.6 Å². The maximum absolute atomic E-state index is 12.5. The summed E-state index contributed by atoms with van der Waals surface area (Å²) < 4.78 is 15.9. The van der Waals surface area contributed by atoms with Crippen molar-refractivity contribution in [1.29, 1.82) is 0 Å². The molecule has 124 valence electrons. The van der Waals surface area contributed by atoms with Crippen molar-refractivity contribution in [2.75, 3.05) is 33.3 Å². The first-order chi connectivity index (χ1) is 11.0. The fourth-order valence-electron chi connectivity index (χ4n) is 2.09. The molecule has 0 fully saturated rings. The zero-order chi connectivity index (χ0) is 17.0. The third-order valence-corrected chi connectivity index (χ3v) is 3.26. The van der Waals surface area contributed by atoms with E-state index in [1.165, 1.54) is 23.9 Å². The van der Waals surface area contributed by atoms with Crippen LogP contribution in [0.3, 0.4) is 0 Å². The Balaban J connectivity index is 2.33. The Morgan fingerprint density at radius 3 is 2.22 bits per heavy atom. The second-order valence-corrected chi connectivity index (χ2v) is 4.71. The molecule has 23 heavy (non-hydrogen) atoms. The largest absolute Gasteiger partial charge is 0.496 e. The van der Waals surface area contributed by atoms with Crippen molar-refractivity contribution in [3.63, 3.8) is 0 Å². The average molecular weight is 321 g/mol. The standard InChI is InChI=1S/C14H19N5O4/c1-18(13(20)8-12-15-17-19(2)16-12)14-10(22-4)6-9(21-3)7-11(14)23-5/h6-7H,8H2,1-5H3. The molecular formula is C14H19N5O4. The van der Waals surface area contributed by atoms with Gasteiger partial charge in [-0.05, 0) is 5.21 Å². The Hall–Kier alpha value is -2.84. The summed E-state index contributed by atoms with van der Waals surface area (Å²) in [6.07, 6.45) is 0.0165. The maximum atomic E-state index is 12.5. The molecule has 0 saturated carbocycles. The van der Waals surface area contributed by atoms with Crippen molar-refractivity contribution in [2.45, 2.75) is 6.42 Å².